The summed E-state index contributed by atoms with van der Waals surface area (Å²) >= 11 is 13.9. The van der Waals surface area contributed by atoms with E-state index in [0.717, 1.165) is 27.3 Å². The van der Waals surface area contributed by atoms with Crippen LogP contribution in [-0.2, 0) is 13.1 Å². The summed E-state index contributed by atoms with van der Waals surface area (Å²) in [7, 11) is 0. The van der Waals surface area contributed by atoms with Crippen LogP contribution < -0.4 is 9.47 Å². The average molecular weight is 458 g/mol. The van der Waals surface area contributed by atoms with Crippen LogP contribution in [0.1, 0.15) is 31.9 Å². The Bertz CT molecular complexity index is 1200. The molecule has 0 saturated heterocycles. The first-order chi connectivity index (χ1) is 14.5. The number of carbonyl (C=O) groups is 1. The van der Waals surface area contributed by atoms with Crippen molar-refractivity contribution < 1.29 is 14.3 Å². The van der Waals surface area contributed by atoms with E-state index in [1.54, 1.807) is 23.5 Å². The molecule has 7 heteroatoms. The zero-order valence-corrected chi connectivity index (χ0v) is 18.4. The molecule has 0 unspecified atom stereocenters. The third kappa shape index (κ3) is 3.52. The van der Waals surface area contributed by atoms with Crippen molar-refractivity contribution in [3.8, 4) is 11.5 Å². The lowest BCUT2D eigenvalue weighted by Gasteiger charge is -2.30. The molecule has 0 atom stereocenters. The van der Waals surface area contributed by atoms with Crippen LogP contribution in [0.2, 0.25) is 10.0 Å². The van der Waals surface area contributed by atoms with E-state index in [2.05, 4.69) is 4.90 Å². The van der Waals surface area contributed by atoms with E-state index in [1.165, 1.54) is 0 Å². The quantitative estimate of drug-likeness (QED) is 0.430. The van der Waals surface area contributed by atoms with Crippen LogP contribution in [0.15, 0.2) is 47.5 Å². The van der Waals surface area contributed by atoms with Gasteiger partial charge in [-0.2, -0.15) is 0 Å². The molecule has 1 aromatic heterocycles. The van der Waals surface area contributed by atoms with Gasteiger partial charge in [0.25, 0.3) is 0 Å². The molecule has 4 nitrogen and oxygen atoms in total. The second-order valence-corrected chi connectivity index (χ2v) is 9.11. The highest BCUT2D eigenvalue weighted by Crippen LogP contribution is 2.42. The van der Waals surface area contributed by atoms with Crippen molar-refractivity contribution in [3.05, 3.63) is 84.7 Å². The second kappa shape index (κ2) is 7.75. The standard InChI is InChI=1S/C23H17Cl2NO3S/c1-13-6-7-30-21(13)9-20-22(27)16-4-5-19-17(23(16)29-20)11-26(12-28-19)10-14-2-3-15(24)8-18(14)25/h2-9H,10-12H2,1H3/b20-9-. The van der Waals surface area contributed by atoms with Crippen LogP contribution in [0.25, 0.3) is 6.08 Å². The molecule has 30 heavy (non-hydrogen) atoms. The highest BCUT2D eigenvalue weighted by atomic mass is 35.5. The van der Waals surface area contributed by atoms with Gasteiger partial charge in [0, 0.05) is 34.1 Å². The van der Waals surface area contributed by atoms with Crippen molar-refractivity contribution in [1.29, 1.82) is 0 Å². The van der Waals surface area contributed by atoms with Crippen molar-refractivity contribution in [2.75, 3.05) is 6.73 Å². The lowest BCUT2D eigenvalue weighted by Crippen LogP contribution is -2.31. The van der Waals surface area contributed by atoms with Gasteiger partial charge in [0.15, 0.2) is 5.76 Å². The first-order valence-corrected chi connectivity index (χ1v) is 11.1. The largest absolute Gasteiger partial charge is 0.478 e. The van der Waals surface area contributed by atoms with Crippen LogP contribution in [0, 0.1) is 6.92 Å². The van der Waals surface area contributed by atoms with Gasteiger partial charge in [-0.1, -0.05) is 29.3 Å². The summed E-state index contributed by atoms with van der Waals surface area (Å²) in [4.78, 5) is 16.0. The van der Waals surface area contributed by atoms with Crippen LogP contribution in [0.4, 0.5) is 0 Å². The van der Waals surface area contributed by atoms with Gasteiger partial charge in [0.2, 0.25) is 5.78 Å². The molecule has 0 saturated carbocycles. The number of benzene rings is 2. The minimum atomic E-state index is -0.0986. The summed E-state index contributed by atoms with van der Waals surface area (Å²) in [6, 6.07) is 11.1. The van der Waals surface area contributed by atoms with E-state index in [1.807, 2.05) is 42.6 Å². The van der Waals surface area contributed by atoms with Crippen molar-refractivity contribution in [2.45, 2.75) is 20.0 Å². The molecule has 2 aliphatic rings. The zero-order chi connectivity index (χ0) is 20.8. The zero-order valence-electron chi connectivity index (χ0n) is 16.1. The number of rotatable bonds is 3. The Morgan fingerprint density at radius 2 is 2.07 bits per heavy atom. The minimum absolute atomic E-state index is 0.0986. The number of halogens is 2. The topological polar surface area (TPSA) is 38.8 Å². The summed E-state index contributed by atoms with van der Waals surface area (Å²) < 4.78 is 12.0. The van der Waals surface area contributed by atoms with E-state index >= 15 is 0 Å². The van der Waals surface area contributed by atoms with E-state index in [0.29, 0.717) is 46.9 Å². The number of fused-ring (bicyclic) bond motifs is 3. The fraction of sp³-hybridized carbons (Fsp3) is 0.174. The SMILES string of the molecule is Cc1ccsc1/C=C1\Oc2c(ccc3c2CN(Cc2ccc(Cl)cc2Cl)CO3)C1=O. The molecule has 3 aromatic rings. The molecule has 2 aromatic carbocycles. The molecule has 152 valence electrons. The molecular weight excluding hydrogens is 441 g/mol. The molecule has 0 fully saturated rings. The summed E-state index contributed by atoms with van der Waals surface area (Å²) in [5.74, 6) is 1.58. The van der Waals surface area contributed by atoms with E-state index in [4.69, 9.17) is 32.7 Å². The number of allylic oxidation sites excluding steroid dienone is 1. The maximum absolute atomic E-state index is 12.9. The number of hydrogen-bond donors (Lipinski definition) is 0. The number of ether oxygens (including phenoxy) is 2. The van der Waals surface area contributed by atoms with Gasteiger partial charge in [-0.05, 0) is 53.8 Å². The summed E-state index contributed by atoms with van der Waals surface area (Å²) in [5, 5.41) is 3.23. The molecule has 0 N–H and O–H groups in total. The molecule has 0 radical (unpaired) electrons. The molecule has 0 aliphatic carbocycles. The maximum atomic E-state index is 12.9. The Labute approximate surface area is 188 Å². The Kier molecular flexibility index (Phi) is 5.07. The monoisotopic (exact) mass is 457 g/mol. The summed E-state index contributed by atoms with van der Waals surface area (Å²) in [5.41, 5.74) is 3.54. The van der Waals surface area contributed by atoms with Crippen LogP contribution in [0.5, 0.6) is 11.5 Å². The summed E-state index contributed by atoms with van der Waals surface area (Å²) in [6.07, 6.45) is 1.82. The van der Waals surface area contributed by atoms with Gasteiger partial charge in [0.05, 0.1) is 11.1 Å². The normalized spacial score (nSPS) is 16.9. The van der Waals surface area contributed by atoms with Gasteiger partial charge in [-0.3, -0.25) is 9.69 Å². The number of ketones is 1. The number of thiophene rings is 1. The van der Waals surface area contributed by atoms with Crippen molar-refractivity contribution in [2.24, 2.45) is 0 Å². The Hall–Kier alpha value is -2.31. The Morgan fingerprint density at radius 3 is 2.83 bits per heavy atom. The van der Waals surface area contributed by atoms with Crippen LogP contribution in [0.3, 0.4) is 0 Å². The molecular formula is C23H17Cl2NO3S. The van der Waals surface area contributed by atoms with Crippen molar-refractivity contribution in [1.82, 2.24) is 4.90 Å². The number of aryl methyl sites for hydroxylation is 1. The minimum Gasteiger partial charge on any atom is -0.478 e. The number of carbonyl (C=O) groups excluding carboxylic acids is 1. The maximum Gasteiger partial charge on any atom is 0.232 e. The van der Waals surface area contributed by atoms with Gasteiger partial charge in [-0.15, -0.1) is 11.3 Å². The average Bonchev–Trinajstić information content (AvgIpc) is 3.28. The molecule has 3 heterocycles. The first-order valence-electron chi connectivity index (χ1n) is 9.43. The molecule has 2 aliphatic heterocycles. The Morgan fingerprint density at radius 1 is 1.20 bits per heavy atom. The number of Topliss-reactive ketones (excluding diaryl/α,β-unsaturated/α-hetero) is 1. The van der Waals surface area contributed by atoms with Gasteiger partial charge >= 0.3 is 0 Å². The second-order valence-electron chi connectivity index (χ2n) is 7.32. The van der Waals surface area contributed by atoms with Gasteiger partial charge in [0.1, 0.15) is 18.2 Å². The fourth-order valence-corrected chi connectivity index (χ4v) is 4.96. The van der Waals surface area contributed by atoms with Gasteiger partial charge in [-0.25, -0.2) is 0 Å². The van der Waals surface area contributed by atoms with Crippen LogP contribution >= 0.6 is 34.5 Å². The molecule has 0 spiro atoms. The third-order valence-corrected chi connectivity index (χ3v) is 6.81. The number of hydrogen-bond acceptors (Lipinski definition) is 5. The first kappa shape index (κ1) is 19.6. The molecule has 5 rings (SSSR count). The highest BCUT2D eigenvalue weighted by molar-refractivity contribution is 7.11. The summed E-state index contributed by atoms with van der Waals surface area (Å²) in [6.45, 7) is 3.64. The van der Waals surface area contributed by atoms with E-state index in [9.17, 15) is 4.79 Å². The lowest BCUT2D eigenvalue weighted by atomic mass is 10.0. The van der Waals surface area contributed by atoms with E-state index < -0.39 is 0 Å². The van der Waals surface area contributed by atoms with Gasteiger partial charge < -0.3 is 9.47 Å². The highest BCUT2D eigenvalue weighted by Gasteiger charge is 2.33. The molecule has 0 bridgehead atoms. The van der Waals surface area contributed by atoms with E-state index in [-0.39, 0.29) is 5.78 Å². The van der Waals surface area contributed by atoms with Crippen molar-refractivity contribution >= 4 is 46.4 Å². The fourth-order valence-electron chi connectivity index (χ4n) is 3.65. The van der Waals surface area contributed by atoms with Crippen LogP contribution in [-0.4, -0.2) is 17.4 Å². The number of nitrogens with zero attached hydrogens (tertiary/aromatic N) is 1. The Balaban J connectivity index is 1.43. The smallest absolute Gasteiger partial charge is 0.232 e. The predicted molar refractivity (Wildman–Crippen MR) is 120 cm³/mol. The lowest BCUT2D eigenvalue weighted by molar-refractivity contribution is 0.0873. The predicted octanol–water partition coefficient (Wildman–Crippen LogP) is 6.33. The van der Waals surface area contributed by atoms with Crippen molar-refractivity contribution in [3.63, 3.8) is 0 Å². The molecule has 0 amide bonds. The third-order valence-electron chi connectivity index (χ3n) is 5.26.